The Morgan fingerprint density at radius 3 is 2.50 bits per heavy atom. The normalized spacial score (nSPS) is 21.1. The van der Waals surface area contributed by atoms with Gasteiger partial charge < -0.3 is 10.2 Å². The van der Waals surface area contributed by atoms with E-state index in [1.165, 1.54) is 27.4 Å². The Bertz CT molecular complexity index is 899. The van der Waals surface area contributed by atoms with Gasteiger partial charge in [-0.25, -0.2) is 17.6 Å². The zero-order valence-electron chi connectivity index (χ0n) is 15.3. The van der Waals surface area contributed by atoms with Gasteiger partial charge in [0.05, 0.1) is 19.2 Å². The van der Waals surface area contributed by atoms with Crippen molar-refractivity contribution in [2.75, 3.05) is 32.4 Å². The molecule has 0 radical (unpaired) electrons. The van der Waals surface area contributed by atoms with E-state index in [2.05, 4.69) is 5.32 Å². The zero-order chi connectivity index (χ0) is 20.5. The molecule has 1 aromatic rings. The summed E-state index contributed by atoms with van der Waals surface area (Å²) in [5.41, 5.74) is 0.465. The number of piperazine rings is 1. The molecular weight excluding hydrogens is 391 g/mol. The van der Waals surface area contributed by atoms with E-state index < -0.39 is 33.8 Å². The van der Waals surface area contributed by atoms with Crippen molar-refractivity contribution in [1.29, 1.82) is 0 Å². The van der Waals surface area contributed by atoms with Gasteiger partial charge in [0.25, 0.3) is 5.91 Å². The molecule has 4 amide bonds. The fourth-order valence-corrected chi connectivity index (χ4v) is 4.08. The minimum atomic E-state index is -3.30. The molecule has 0 spiro atoms. The van der Waals surface area contributed by atoms with Gasteiger partial charge in [-0.3, -0.25) is 14.5 Å². The Kier molecular flexibility index (Phi) is 5.66. The van der Waals surface area contributed by atoms with E-state index in [0.29, 0.717) is 5.56 Å². The van der Waals surface area contributed by atoms with E-state index in [4.69, 9.17) is 0 Å². The Labute approximate surface area is 162 Å². The summed E-state index contributed by atoms with van der Waals surface area (Å²) in [4.78, 5) is 39.5. The molecule has 152 valence electrons. The lowest BCUT2D eigenvalue weighted by Crippen LogP contribution is -2.51. The van der Waals surface area contributed by atoms with Crippen LogP contribution in [0.4, 0.5) is 9.18 Å². The molecule has 0 unspecified atom stereocenters. The molecule has 0 bridgehead atoms. The maximum Gasteiger partial charge on any atom is 0.325 e. The number of nitrogens with zero attached hydrogens (tertiary/aromatic N) is 3. The molecule has 0 saturated carbocycles. The van der Waals surface area contributed by atoms with Crippen LogP contribution in [0.25, 0.3) is 0 Å². The van der Waals surface area contributed by atoms with Crippen molar-refractivity contribution in [2.45, 2.75) is 19.0 Å². The third kappa shape index (κ3) is 4.47. The number of amides is 4. The fraction of sp³-hybridized carbons (Fsp3) is 0.471. The van der Waals surface area contributed by atoms with Gasteiger partial charge in [-0.1, -0.05) is 12.1 Å². The molecule has 28 heavy (non-hydrogen) atoms. The number of urea groups is 1. The SMILES string of the molecule is CS(=O)(=O)N1CCN(C(=O)C[C@@H]2NC(=O)N(Cc3cccc(F)c3)C2=O)CC1. The van der Waals surface area contributed by atoms with Crippen molar-refractivity contribution in [3.05, 3.63) is 35.6 Å². The van der Waals surface area contributed by atoms with Crippen molar-refractivity contribution >= 4 is 27.9 Å². The molecule has 2 aliphatic heterocycles. The lowest BCUT2D eigenvalue weighted by Gasteiger charge is -2.33. The number of hydrogen-bond acceptors (Lipinski definition) is 5. The Morgan fingerprint density at radius 1 is 1.21 bits per heavy atom. The van der Waals surface area contributed by atoms with E-state index in [1.807, 2.05) is 0 Å². The van der Waals surface area contributed by atoms with Crippen LogP contribution in [0, 0.1) is 5.82 Å². The first-order chi connectivity index (χ1) is 13.1. The first-order valence-corrected chi connectivity index (χ1v) is 10.6. The maximum absolute atomic E-state index is 13.3. The lowest BCUT2D eigenvalue weighted by atomic mass is 10.1. The molecule has 0 aliphatic carbocycles. The first-order valence-electron chi connectivity index (χ1n) is 8.74. The van der Waals surface area contributed by atoms with E-state index in [9.17, 15) is 27.2 Å². The molecule has 11 heteroatoms. The van der Waals surface area contributed by atoms with Crippen molar-refractivity contribution in [3.8, 4) is 0 Å². The van der Waals surface area contributed by atoms with Crippen molar-refractivity contribution in [2.24, 2.45) is 0 Å². The topological polar surface area (TPSA) is 107 Å². The van der Waals surface area contributed by atoms with Crippen LogP contribution in [0.1, 0.15) is 12.0 Å². The summed E-state index contributed by atoms with van der Waals surface area (Å²) in [6.45, 7) is 0.768. The molecule has 2 saturated heterocycles. The smallest absolute Gasteiger partial charge is 0.325 e. The zero-order valence-corrected chi connectivity index (χ0v) is 16.1. The van der Waals surface area contributed by atoms with Crippen LogP contribution < -0.4 is 5.32 Å². The summed E-state index contributed by atoms with van der Waals surface area (Å²) in [5, 5.41) is 2.48. The van der Waals surface area contributed by atoms with Gasteiger partial charge in [-0.15, -0.1) is 0 Å². The molecule has 3 rings (SSSR count). The number of rotatable bonds is 5. The second kappa shape index (κ2) is 7.84. The molecule has 1 aromatic carbocycles. The highest BCUT2D eigenvalue weighted by molar-refractivity contribution is 7.88. The van der Waals surface area contributed by atoms with Gasteiger partial charge in [0.2, 0.25) is 15.9 Å². The second-order valence-electron chi connectivity index (χ2n) is 6.80. The minimum absolute atomic E-state index is 0.0832. The van der Waals surface area contributed by atoms with Crippen LogP contribution in [-0.2, 0) is 26.2 Å². The maximum atomic E-state index is 13.3. The average Bonchev–Trinajstić information content (AvgIpc) is 2.88. The monoisotopic (exact) mass is 412 g/mol. The van der Waals surface area contributed by atoms with E-state index in [0.717, 1.165) is 11.2 Å². The number of sulfonamides is 1. The average molecular weight is 412 g/mol. The summed E-state index contributed by atoms with van der Waals surface area (Å²) in [6.07, 6.45) is 0.910. The van der Waals surface area contributed by atoms with Gasteiger partial charge in [0, 0.05) is 26.2 Å². The molecule has 1 N–H and O–H groups in total. The molecular formula is C17H21FN4O5S. The quantitative estimate of drug-likeness (QED) is 0.671. The van der Waals surface area contributed by atoms with Gasteiger partial charge in [-0.2, -0.15) is 4.31 Å². The number of carbonyl (C=O) groups is 3. The first kappa shape index (κ1) is 20.2. The van der Waals surface area contributed by atoms with Gasteiger partial charge in [-0.05, 0) is 17.7 Å². The molecule has 2 heterocycles. The summed E-state index contributed by atoms with van der Waals surface area (Å²) < 4.78 is 37.6. The molecule has 2 fully saturated rings. The second-order valence-corrected chi connectivity index (χ2v) is 8.79. The van der Waals surface area contributed by atoms with Crippen molar-refractivity contribution in [3.63, 3.8) is 0 Å². The van der Waals surface area contributed by atoms with Crippen LogP contribution in [0.3, 0.4) is 0 Å². The number of carbonyl (C=O) groups excluding carboxylic acids is 3. The van der Waals surface area contributed by atoms with Crippen molar-refractivity contribution < 1.29 is 27.2 Å². The third-order valence-electron chi connectivity index (χ3n) is 4.78. The number of hydrogen-bond donors (Lipinski definition) is 1. The number of nitrogens with one attached hydrogen (secondary N) is 1. The highest BCUT2D eigenvalue weighted by Gasteiger charge is 2.40. The van der Waals surface area contributed by atoms with E-state index in [1.54, 1.807) is 6.07 Å². The standard InChI is InChI=1S/C17H21FN4O5S/c1-28(26,27)21-7-5-20(6-8-21)15(23)10-14-16(24)22(17(25)19-14)11-12-3-2-4-13(18)9-12/h2-4,9,14H,5-8,10-11H2,1H3,(H,19,25)/t14-/m0/s1. The minimum Gasteiger partial charge on any atom is -0.340 e. The van der Waals surface area contributed by atoms with Gasteiger partial charge >= 0.3 is 6.03 Å². The van der Waals surface area contributed by atoms with Crippen LogP contribution in [-0.4, -0.2) is 78.8 Å². The number of halogens is 1. The number of benzene rings is 1. The fourth-order valence-electron chi connectivity index (χ4n) is 3.26. The summed E-state index contributed by atoms with van der Waals surface area (Å²) in [7, 11) is -3.30. The molecule has 1 atom stereocenters. The molecule has 9 nitrogen and oxygen atoms in total. The summed E-state index contributed by atoms with van der Waals surface area (Å²) >= 11 is 0. The Hall–Kier alpha value is -2.53. The molecule has 2 aliphatic rings. The highest BCUT2D eigenvalue weighted by Crippen LogP contribution is 2.16. The predicted octanol–water partition coefficient (Wildman–Crippen LogP) is -0.260. The molecule has 0 aromatic heterocycles. The van der Waals surface area contributed by atoms with Crippen LogP contribution >= 0.6 is 0 Å². The predicted molar refractivity (Wildman–Crippen MR) is 96.9 cm³/mol. The highest BCUT2D eigenvalue weighted by atomic mass is 32.2. The largest absolute Gasteiger partial charge is 0.340 e. The lowest BCUT2D eigenvalue weighted by molar-refractivity contribution is -0.136. The van der Waals surface area contributed by atoms with Gasteiger partial charge in [0.15, 0.2) is 0 Å². The Balaban J connectivity index is 1.57. The van der Waals surface area contributed by atoms with Crippen LogP contribution in [0.2, 0.25) is 0 Å². The van der Waals surface area contributed by atoms with E-state index >= 15 is 0 Å². The van der Waals surface area contributed by atoms with Crippen LogP contribution in [0.5, 0.6) is 0 Å². The van der Waals surface area contributed by atoms with Crippen molar-refractivity contribution in [1.82, 2.24) is 19.4 Å². The summed E-state index contributed by atoms with van der Waals surface area (Å²) in [6, 6.07) is 3.97. The summed E-state index contributed by atoms with van der Waals surface area (Å²) in [5.74, 6) is -1.35. The number of imide groups is 1. The van der Waals surface area contributed by atoms with Gasteiger partial charge in [0.1, 0.15) is 11.9 Å². The van der Waals surface area contributed by atoms with E-state index in [-0.39, 0.29) is 45.1 Å². The van der Waals surface area contributed by atoms with Crippen LogP contribution in [0.15, 0.2) is 24.3 Å². The third-order valence-corrected chi connectivity index (χ3v) is 6.08. The Morgan fingerprint density at radius 2 is 1.89 bits per heavy atom.